The van der Waals surface area contributed by atoms with Crippen molar-refractivity contribution in [3.05, 3.63) is 59.7 Å². The monoisotopic (exact) mass is 324 g/mol. The number of hydrogen-bond donors (Lipinski definition) is 1. The fourth-order valence-electron chi connectivity index (χ4n) is 3.03. The quantitative estimate of drug-likeness (QED) is 0.940. The SMILES string of the molecule is O=C1NCC(Cc2ccc3c(c2)OCO3)N1C(=O)c1ccccc1. The first-order chi connectivity index (χ1) is 11.7. The van der Waals surface area contributed by atoms with E-state index in [1.165, 1.54) is 4.90 Å². The molecule has 2 aromatic carbocycles. The summed E-state index contributed by atoms with van der Waals surface area (Å²) in [6.07, 6.45) is 0.563. The molecule has 122 valence electrons. The molecule has 0 aliphatic carbocycles. The number of benzene rings is 2. The van der Waals surface area contributed by atoms with Crippen LogP contribution in [0.1, 0.15) is 15.9 Å². The van der Waals surface area contributed by atoms with E-state index in [-0.39, 0.29) is 24.8 Å². The molecule has 4 rings (SSSR count). The molecule has 3 amide bonds. The van der Waals surface area contributed by atoms with Gasteiger partial charge in [0.05, 0.1) is 6.04 Å². The lowest BCUT2D eigenvalue weighted by Crippen LogP contribution is -2.40. The summed E-state index contributed by atoms with van der Waals surface area (Å²) in [7, 11) is 0. The van der Waals surface area contributed by atoms with Gasteiger partial charge in [0.25, 0.3) is 5.91 Å². The summed E-state index contributed by atoms with van der Waals surface area (Å²) < 4.78 is 10.7. The second kappa shape index (κ2) is 5.88. The number of urea groups is 1. The smallest absolute Gasteiger partial charge is 0.324 e. The fraction of sp³-hybridized carbons (Fsp3) is 0.222. The van der Waals surface area contributed by atoms with E-state index in [9.17, 15) is 9.59 Å². The predicted octanol–water partition coefficient (Wildman–Crippen LogP) is 2.19. The molecule has 0 bridgehead atoms. The third kappa shape index (κ3) is 2.56. The minimum absolute atomic E-state index is 0.223. The maximum absolute atomic E-state index is 12.7. The number of nitrogens with one attached hydrogen (secondary N) is 1. The number of carbonyl (C=O) groups is 2. The summed E-state index contributed by atoms with van der Waals surface area (Å²) in [5.74, 6) is 1.14. The lowest BCUT2D eigenvalue weighted by molar-refractivity contribution is 0.0785. The van der Waals surface area contributed by atoms with Crippen LogP contribution in [0.2, 0.25) is 0 Å². The first kappa shape index (κ1) is 14.6. The Bertz CT molecular complexity index is 791. The van der Waals surface area contributed by atoms with Gasteiger partial charge in [0, 0.05) is 12.1 Å². The molecule has 6 nitrogen and oxygen atoms in total. The molecule has 1 N–H and O–H groups in total. The molecule has 24 heavy (non-hydrogen) atoms. The van der Waals surface area contributed by atoms with Gasteiger partial charge in [0.15, 0.2) is 11.5 Å². The molecular weight excluding hydrogens is 308 g/mol. The standard InChI is InChI=1S/C18H16N2O4/c21-17(13-4-2-1-3-5-13)20-14(10-19-18(20)22)8-12-6-7-15-16(9-12)24-11-23-15/h1-7,9,14H,8,10-11H2,(H,19,22). The van der Waals surface area contributed by atoms with Crippen LogP contribution in [0, 0.1) is 0 Å². The second-order valence-corrected chi connectivity index (χ2v) is 5.77. The number of hydrogen-bond acceptors (Lipinski definition) is 4. The second-order valence-electron chi connectivity index (χ2n) is 5.77. The van der Waals surface area contributed by atoms with E-state index in [4.69, 9.17) is 9.47 Å². The Balaban J connectivity index is 1.56. The molecule has 6 heteroatoms. The number of fused-ring (bicyclic) bond motifs is 1. The lowest BCUT2D eigenvalue weighted by Gasteiger charge is -2.21. The van der Waals surface area contributed by atoms with Gasteiger partial charge in [-0.25, -0.2) is 4.79 Å². The topological polar surface area (TPSA) is 67.9 Å². The highest BCUT2D eigenvalue weighted by atomic mass is 16.7. The minimum Gasteiger partial charge on any atom is -0.454 e. The van der Waals surface area contributed by atoms with Gasteiger partial charge in [-0.05, 0) is 36.2 Å². The molecule has 0 spiro atoms. The Hall–Kier alpha value is -3.02. The van der Waals surface area contributed by atoms with E-state index in [0.29, 0.717) is 24.3 Å². The van der Waals surface area contributed by atoms with Crippen LogP contribution in [0.15, 0.2) is 48.5 Å². The zero-order chi connectivity index (χ0) is 16.5. The molecule has 1 atom stereocenters. The van der Waals surface area contributed by atoms with Gasteiger partial charge in [-0.3, -0.25) is 9.69 Å². The van der Waals surface area contributed by atoms with Crippen molar-refractivity contribution in [1.82, 2.24) is 10.2 Å². The highest BCUT2D eigenvalue weighted by molar-refractivity contribution is 6.05. The van der Waals surface area contributed by atoms with Crippen molar-refractivity contribution in [2.75, 3.05) is 13.3 Å². The van der Waals surface area contributed by atoms with Gasteiger partial charge >= 0.3 is 6.03 Å². The summed E-state index contributed by atoms with van der Waals surface area (Å²) in [5.41, 5.74) is 1.50. The molecule has 1 fully saturated rings. The van der Waals surface area contributed by atoms with E-state index in [1.54, 1.807) is 24.3 Å². The van der Waals surface area contributed by atoms with Crippen molar-refractivity contribution >= 4 is 11.9 Å². The van der Waals surface area contributed by atoms with Crippen molar-refractivity contribution in [2.45, 2.75) is 12.5 Å². The average molecular weight is 324 g/mol. The molecule has 2 heterocycles. The van der Waals surface area contributed by atoms with Gasteiger partial charge in [-0.2, -0.15) is 0 Å². The molecule has 1 unspecified atom stereocenters. The van der Waals surface area contributed by atoms with Crippen LogP contribution in [-0.2, 0) is 6.42 Å². The Labute approximate surface area is 139 Å². The maximum atomic E-state index is 12.7. The molecule has 0 aromatic heterocycles. The number of imide groups is 1. The first-order valence-electron chi connectivity index (χ1n) is 7.77. The minimum atomic E-state index is -0.352. The molecule has 2 aliphatic heterocycles. The average Bonchev–Trinajstić information content (AvgIpc) is 3.21. The molecule has 2 aromatic rings. The summed E-state index contributed by atoms with van der Waals surface area (Å²) in [5, 5.41) is 2.75. The van der Waals surface area contributed by atoms with Gasteiger partial charge in [-0.1, -0.05) is 24.3 Å². The van der Waals surface area contributed by atoms with Crippen LogP contribution >= 0.6 is 0 Å². The van der Waals surface area contributed by atoms with Crippen molar-refractivity contribution in [3.8, 4) is 11.5 Å². The molecule has 1 saturated heterocycles. The number of nitrogens with zero attached hydrogens (tertiary/aromatic N) is 1. The first-order valence-corrected chi connectivity index (χ1v) is 7.77. The van der Waals surface area contributed by atoms with Crippen LogP contribution in [0.4, 0.5) is 4.79 Å². The highest BCUT2D eigenvalue weighted by Crippen LogP contribution is 2.33. The van der Waals surface area contributed by atoms with Crippen molar-refractivity contribution < 1.29 is 19.1 Å². The van der Waals surface area contributed by atoms with Gasteiger partial charge in [0.1, 0.15) is 0 Å². The van der Waals surface area contributed by atoms with Gasteiger partial charge in [0.2, 0.25) is 6.79 Å². The molecule has 0 saturated carbocycles. The van der Waals surface area contributed by atoms with E-state index in [0.717, 1.165) is 11.3 Å². The van der Waals surface area contributed by atoms with Crippen molar-refractivity contribution in [2.24, 2.45) is 0 Å². The Kier molecular flexibility index (Phi) is 3.57. The zero-order valence-electron chi connectivity index (χ0n) is 12.9. The maximum Gasteiger partial charge on any atom is 0.324 e. The number of carbonyl (C=O) groups excluding carboxylic acids is 2. The summed E-state index contributed by atoms with van der Waals surface area (Å²) >= 11 is 0. The van der Waals surface area contributed by atoms with Crippen molar-refractivity contribution in [3.63, 3.8) is 0 Å². The largest absolute Gasteiger partial charge is 0.454 e. The number of amides is 3. The van der Waals surface area contributed by atoms with Crippen molar-refractivity contribution in [1.29, 1.82) is 0 Å². The van der Waals surface area contributed by atoms with Crippen LogP contribution in [-0.4, -0.2) is 36.2 Å². The summed E-state index contributed by atoms with van der Waals surface area (Å²) in [6.45, 7) is 0.659. The number of ether oxygens (including phenoxy) is 2. The molecular formula is C18H16N2O4. The van der Waals surface area contributed by atoms with Gasteiger partial charge in [-0.15, -0.1) is 0 Å². The van der Waals surface area contributed by atoms with E-state index in [2.05, 4.69) is 5.32 Å². The summed E-state index contributed by atoms with van der Waals surface area (Å²) in [6, 6.07) is 13.9. The third-order valence-electron chi connectivity index (χ3n) is 4.22. The van der Waals surface area contributed by atoms with E-state index < -0.39 is 0 Å². The number of rotatable bonds is 3. The lowest BCUT2D eigenvalue weighted by atomic mass is 10.0. The molecule has 2 aliphatic rings. The Morgan fingerprint density at radius 3 is 2.75 bits per heavy atom. The third-order valence-corrected chi connectivity index (χ3v) is 4.22. The predicted molar refractivity (Wildman–Crippen MR) is 86.1 cm³/mol. The summed E-state index contributed by atoms with van der Waals surface area (Å²) in [4.78, 5) is 26.1. The Morgan fingerprint density at radius 2 is 1.92 bits per heavy atom. The van der Waals surface area contributed by atoms with Crippen LogP contribution < -0.4 is 14.8 Å². The van der Waals surface area contributed by atoms with E-state index >= 15 is 0 Å². The van der Waals surface area contributed by atoms with E-state index in [1.807, 2.05) is 24.3 Å². The van der Waals surface area contributed by atoms with Crippen LogP contribution in [0.5, 0.6) is 11.5 Å². The normalized spacial score (nSPS) is 18.6. The van der Waals surface area contributed by atoms with Crippen LogP contribution in [0.25, 0.3) is 0 Å². The Morgan fingerprint density at radius 1 is 1.12 bits per heavy atom. The highest BCUT2D eigenvalue weighted by Gasteiger charge is 2.36. The van der Waals surface area contributed by atoms with Gasteiger partial charge < -0.3 is 14.8 Å². The molecule has 0 radical (unpaired) electrons. The zero-order valence-corrected chi connectivity index (χ0v) is 12.9. The fourth-order valence-corrected chi connectivity index (χ4v) is 3.03. The van der Waals surface area contributed by atoms with Crippen LogP contribution in [0.3, 0.4) is 0 Å².